The molecule has 0 radical (unpaired) electrons. The highest BCUT2D eigenvalue weighted by Crippen LogP contribution is 2.32. The Bertz CT molecular complexity index is 379. The normalized spacial score (nSPS) is 45.9. The van der Waals surface area contributed by atoms with Crippen molar-refractivity contribution in [2.75, 3.05) is 11.5 Å². The van der Waals surface area contributed by atoms with Crippen LogP contribution in [-0.4, -0.2) is 31.5 Å². The van der Waals surface area contributed by atoms with Gasteiger partial charge in [-0.2, -0.15) is 0 Å². The second-order valence-corrected chi connectivity index (χ2v) is 8.70. The Morgan fingerprint density at radius 1 is 1.18 bits per heavy atom. The average molecular weight is 259 g/mol. The van der Waals surface area contributed by atoms with Gasteiger partial charge < -0.3 is 5.32 Å². The van der Waals surface area contributed by atoms with E-state index < -0.39 is 9.84 Å². The number of rotatable bonds is 2. The smallest absolute Gasteiger partial charge is 0.152 e. The van der Waals surface area contributed by atoms with Crippen molar-refractivity contribution in [1.29, 1.82) is 0 Å². The van der Waals surface area contributed by atoms with Crippen LogP contribution in [0.1, 0.15) is 46.5 Å². The summed E-state index contributed by atoms with van der Waals surface area (Å²) >= 11 is 0. The molecule has 1 N–H and O–H groups in total. The summed E-state index contributed by atoms with van der Waals surface area (Å²) < 4.78 is 23.1. The molecule has 2 rings (SSSR count). The van der Waals surface area contributed by atoms with Crippen molar-refractivity contribution in [3.8, 4) is 0 Å². The average Bonchev–Trinajstić information content (AvgIpc) is 2.47. The van der Waals surface area contributed by atoms with Gasteiger partial charge in [-0.15, -0.1) is 0 Å². The van der Waals surface area contributed by atoms with Crippen LogP contribution in [0.25, 0.3) is 0 Å². The van der Waals surface area contributed by atoms with Gasteiger partial charge in [0.25, 0.3) is 0 Å². The molecular formula is C13H25NO2S. The van der Waals surface area contributed by atoms with Crippen molar-refractivity contribution < 1.29 is 8.42 Å². The molecule has 1 aliphatic carbocycles. The molecule has 0 spiro atoms. The lowest BCUT2D eigenvalue weighted by Gasteiger charge is -2.37. The Labute approximate surface area is 105 Å². The quantitative estimate of drug-likeness (QED) is 0.825. The van der Waals surface area contributed by atoms with Crippen LogP contribution >= 0.6 is 0 Å². The zero-order valence-electron chi connectivity index (χ0n) is 11.2. The monoisotopic (exact) mass is 259 g/mol. The van der Waals surface area contributed by atoms with Crippen molar-refractivity contribution in [1.82, 2.24) is 5.32 Å². The van der Waals surface area contributed by atoms with E-state index in [1.807, 2.05) is 0 Å². The number of hydrogen-bond donors (Lipinski definition) is 1. The molecule has 4 atom stereocenters. The summed E-state index contributed by atoms with van der Waals surface area (Å²) in [7, 11) is -2.79. The van der Waals surface area contributed by atoms with Gasteiger partial charge in [0.2, 0.25) is 0 Å². The summed E-state index contributed by atoms with van der Waals surface area (Å²) in [6.45, 7) is 6.70. The molecule has 1 heterocycles. The molecule has 0 aromatic rings. The summed E-state index contributed by atoms with van der Waals surface area (Å²) in [5.74, 6) is 2.24. The van der Waals surface area contributed by atoms with Crippen LogP contribution < -0.4 is 5.32 Å². The molecule has 4 heteroatoms. The van der Waals surface area contributed by atoms with E-state index in [2.05, 4.69) is 26.1 Å². The highest BCUT2D eigenvalue weighted by Gasteiger charge is 2.40. The maximum absolute atomic E-state index is 11.6. The molecule has 2 aliphatic rings. The van der Waals surface area contributed by atoms with Crippen LogP contribution in [0.3, 0.4) is 0 Å². The SMILES string of the molecule is CC1CCC(NC2(C)CCS(=O)(=O)C2)CC1C. The van der Waals surface area contributed by atoms with Crippen LogP contribution in [0.15, 0.2) is 0 Å². The Morgan fingerprint density at radius 3 is 2.41 bits per heavy atom. The van der Waals surface area contributed by atoms with E-state index in [-0.39, 0.29) is 5.54 Å². The lowest BCUT2D eigenvalue weighted by molar-refractivity contribution is 0.196. The first-order chi connectivity index (χ1) is 7.80. The summed E-state index contributed by atoms with van der Waals surface area (Å²) in [6, 6.07) is 0.513. The lowest BCUT2D eigenvalue weighted by atomic mass is 9.78. The van der Waals surface area contributed by atoms with Gasteiger partial charge in [-0.25, -0.2) is 8.42 Å². The highest BCUT2D eigenvalue weighted by atomic mass is 32.2. The molecule has 0 aromatic carbocycles. The van der Waals surface area contributed by atoms with Crippen LogP contribution in [-0.2, 0) is 9.84 Å². The molecule has 1 saturated heterocycles. The van der Waals surface area contributed by atoms with Crippen molar-refractivity contribution >= 4 is 9.84 Å². The van der Waals surface area contributed by atoms with Crippen LogP contribution in [0, 0.1) is 11.8 Å². The van der Waals surface area contributed by atoms with Gasteiger partial charge in [-0.1, -0.05) is 13.8 Å². The third kappa shape index (κ3) is 3.22. The summed E-state index contributed by atoms with van der Waals surface area (Å²) in [4.78, 5) is 0. The second-order valence-electron chi connectivity index (χ2n) is 6.51. The van der Waals surface area contributed by atoms with Crippen molar-refractivity contribution in [3.63, 3.8) is 0 Å². The Morgan fingerprint density at radius 2 is 1.88 bits per heavy atom. The first-order valence-corrected chi connectivity index (χ1v) is 8.60. The zero-order valence-corrected chi connectivity index (χ0v) is 12.0. The van der Waals surface area contributed by atoms with E-state index in [9.17, 15) is 8.42 Å². The molecule has 0 bridgehead atoms. The molecular weight excluding hydrogens is 234 g/mol. The van der Waals surface area contributed by atoms with E-state index in [0.717, 1.165) is 18.3 Å². The highest BCUT2D eigenvalue weighted by molar-refractivity contribution is 7.91. The molecule has 0 amide bonds. The third-order valence-electron chi connectivity index (χ3n) is 4.65. The van der Waals surface area contributed by atoms with Crippen LogP contribution in [0.4, 0.5) is 0 Å². The topological polar surface area (TPSA) is 46.2 Å². The first kappa shape index (κ1) is 13.3. The van der Waals surface area contributed by atoms with Crippen LogP contribution in [0.2, 0.25) is 0 Å². The summed E-state index contributed by atoms with van der Waals surface area (Å²) in [5, 5.41) is 3.62. The van der Waals surface area contributed by atoms with E-state index >= 15 is 0 Å². The van der Waals surface area contributed by atoms with Gasteiger partial charge in [0.05, 0.1) is 11.5 Å². The largest absolute Gasteiger partial charge is 0.308 e. The standard InChI is InChI=1S/C13H25NO2S/c1-10-4-5-12(8-11(10)2)14-13(3)6-7-17(15,16)9-13/h10-12,14H,4-9H2,1-3H3. The fraction of sp³-hybridized carbons (Fsp3) is 1.00. The Kier molecular flexibility index (Phi) is 3.56. The zero-order chi connectivity index (χ0) is 12.7. The minimum absolute atomic E-state index is 0.177. The Balaban J connectivity index is 1.94. The second kappa shape index (κ2) is 4.54. The van der Waals surface area contributed by atoms with Crippen LogP contribution in [0.5, 0.6) is 0 Å². The van der Waals surface area contributed by atoms with Gasteiger partial charge in [0.15, 0.2) is 9.84 Å². The fourth-order valence-electron chi connectivity index (χ4n) is 3.30. The fourth-order valence-corrected chi connectivity index (χ4v) is 5.40. The number of hydrogen-bond acceptors (Lipinski definition) is 3. The van der Waals surface area contributed by atoms with Gasteiger partial charge >= 0.3 is 0 Å². The molecule has 1 aliphatic heterocycles. The number of sulfone groups is 1. The molecule has 2 fully saturated rings. The van der Waals surface area contributed by atoms with E-state index in [0.29, 0.717) is 17.5 Å². The van der Waals surface area contributed by atoms with Crippen molar-refractivity contribution in [2.24, 2.45) is 11.8 Å². The minimum atomic E-state index is -2.79. The van der Waals surface area contributed by atoms with Gasteiger partial charge in [-0.3, -0.25) is 0 Å². The molecule has 1 saturated carbocycles. The van der Waals surface area contributed by atoms with Crippen molar-refractivity contribution in [2.45, 2.75) is 58.0 Å². The van der Waals surface area contributed by atoms with Gasteiger partial charge in [0.1, 0.15) is 0 Å². The van der Waals surface area contributed by atoms with E-state index in [1.54, 1.807) is 0 Å². The number of nitrogens with one attached hydrogen (secondary N) is 1. The first-order valence-electron chi connectivity index (χ1n) is 6.78. The lowest BCUT2D eigenvalue weighted by Crippen LogP contribution is -2.51. The summed E-state index contributed by atoms with van der Waals surface area (Å²) in [6.07, 6.45) is 4.43. The van der Waals surface area contributed by atoms with Crippen molar-refractivity contribution in [3.05, 3.63) is 0 Å². The Hall–Kier alpha value is -0.0900. The predicted octanol–water partition coefficient (Wildman–Crippen LogP) is 1.98. The van der Waals surface area contributed by atoms with E-state index in [4.69, 9.17) is 0 Å². The maximum Gasteiger partial charge on any atom is 0.152 e. The van der Waals surface area contributed by atoms with E-state index in [1.165, 1.54) is 19.3 Å². The third-order valence-corrected chi connectivity index (χ3v) is 6.56. The molecule has 3 nitrogen and oxygen atoms in total. The maximum atomic E-state index is 11.6. The summed E-state index contributed by atoms with van der Waals surface area (Å²) in [5.41, 5.74) is -0.177. The van der Waals surface area contributed by atoms with Gasteiger partial charge in [-0.05, 0) is 44.4 Å². The molecule has 100 valence electrons. The molecule has 4 unspecified atom stereocenters. The molecule has 17 heavy (non-hydrogen) atoms. The van der Waals surface area contributed by atoms with Gasteiger partial charge in [0, 0.05) is 11.6 Å². The minimum Gasteiger partial charge on any atom is -0.308 e. The molecule has 0 aromatic heterocycles. The predicted molar refractivity (Wildman–Crippen MR) is 70.8 cm³/mol.